The zero-order valence-corrected chi connectivity index (χ0v) is 22.1. The average Bonchev–Trinajstić information content (AvgIpc) is 3.29. The van der Waals surface area contributed by atoms with E-state index in [1.165, 1.54) is 11.1 Å². The molecule has 0 aliphatic rings. The molecule has 4 aromatic rings. The van der Waals surface area contributed by atoms with E-state index in [1.54, 1.807) is 10.8 Å². The van der Waals surface area contributed by atoms with E-state index in [-0.39, 0.29) is 5.78 Å². The van der Waals surface area contributed by atoms with Crippen molar-refractivity contribution >= 4 is 28.3 Å². The van der Waals surface area contributed by atoms with Gasteiger partial charge >= 0.3 is 5.97 Å². The van der Waals surface area contributed by atoms with Crippen molar-refractivity contribution in [3.8, 4) is 0 Å². The minimum Gasteiger partial charge on any atom is -0.479 e. The van der Waals surface area contributed by atoms with Crippen LogP contribution in [0.3, 0.4) is 0 Å². The predicted molar refractivity (Wildman–Crippen MR) is 150 cm³/mol. The third kappa shape index (κ3) is 5.31. The highest BCUT2D eigenvalue weighted by atomic mass is 16.4. The lowest BCUT2D eigenvalue weighted by molar-refractivity contribution is -0.147. The number of fused-ring (bicyclic) bond motifs is 1. The van der Waals surface area contributed by atoms with Crippen LogP contribution in [0, 0.1) is 5.92 Å². The molecule has 0 bridgehead atoms. The lowest BCUT2D eigenvalue weighted by Crippen LogP contribution is -2.40. The Hall–Kier alpha value is -3.86. The molecule has 37 heavy (non-hydrogen) atoms. The number of carboxylic acids is 1. The summed E-state index contributed by atoms with van der Waals surface area (Å²) in [5.74, 6) is -0.383. The Morgan fingerprint density at radius 3 is 2.24 bits per heavy atom. The van der Waals surface area contributed by atoms with Crippen molar-refractivity contribution < 1.29 is 14.7 Å². The van der Waals surface area contributed by atoms with Crippen LogP contribution in [0.2, 0.25) is 0 Å². The molecule has 192 valence electrons. The van der Waals surface area contributed by atoms with Crippen molar-refractivity contribution in [2.75, 3.05) is 5.32 Å². The summed E-state index contributed by atoms with van der Waals surface area (Å²) < 4.78 is 1.78. The van der Waals surface area contributed by atoms with Crippen LogP contribution in [-0.4, -0.2) is 21.4 Å². The molecule has 0 aliphatic heterocycles. The molecule has 0 amide bonds. The zero-order valence-electron chi connectivity index (χ0n) is 22.1. The van der Waals surface area contributed by atoms with Crippen LogP contribution in [0.1, 0.15) is 67.6 Å². The first-order chi connectivity index (χ1) is 17.8. The normalized spacial score (nSPS) is 11.7. The van der Waals surface area contributed by atoms with Gasteiger partial charge in [-0.25, -0.2) is 4.79 Å². The van der Waals surface area contributed by atoms with Crippen LogP contribution in [-0.2, 0) is 23.3 Å². The van der Waals surface area contributed by atoms with Crippen molar-refractivity contribution in [1.29, 1.82) is 0 Å². The Kier molecular flexibility index (Phi) is 7.82. The van der Waals surface area contributed by atoms with Crippen molar-refractivity contribution in [3.63, 3.8) is 0 Å². The number of hydrogen-bond acceptors (Lipinski definition) is 3. The van der Waals surface area contributed by atoms with E-state index in [0.29, 0.717) is 36.4 Å². The number of nitrogens with one attached hydrogen (secondary N) is 1. The number of anilines is 1. The fraction of sp³-hybridized carbons (Fsp3) is 0.312. The molecule has 2 N–H and O–H groups in total. The molecule has 4 rings (SSSR count). The fourth-order valence-corrected chi connectivity index (χ4v) is 5.11. The van der Waals surface area contributed by atoms with Gasteiger partial charge < -0.3 is 15.0 Å². The lowest BCUT2D eigenvalue weighted by Gasteiger charge is -2.29. The summed E-state index contributed by atoms with van der Waals surface area (Å²) in [6.45, 7) is 8.85. The first kappa shape index (κ1) is 26.2. The fourth-order valence-electron chi connectivity index (χ4n) is 5.11. The summed E-state index contributed by atoms with van der Waals surface area (Å²) in [7, 11) is 0. The molecular weight excluding hydrogens is 460 g/mol. The van der Waals surface area contributed by atoms with Crippen LogP contribution in [0.25, 0.3) is 10.9 Å². The first-order valence-corrected chi connectivity index (χ1v) is 13.1. The maximum absolute atomic E-state index is 13.7. The van der Waals surface area contributed by atoms with Gasteiger partial charge in [0.25, 0.3) is 0 Å². The minimum atomic E-state index is -1.10. The molecule has 5 nitrogen and oxygen atoms in total. The highest BCUT2D eigenvalue weighted by molar-refractivity contribution is 6.17. The van der Waals surface area contributed by atoms with E-state index in [1.807, 2.05) is 62.4 Å². The Balaban J connectivity index is 1.61. The third-order valence-corrected chi connectivity index (χ3v) is 7.27. The molecule has 1 aromatic heterocycles. The number of nitrogens with zero attached hydrogens (tertiary/aromatic N) is 1. The zero-order chi connectivity index (χ0) is 26.6. The van der Waals surface area contributed by atoms with Gasteiger partial charge in [-0.2, -0.15) is 0 Å². The summed E-state index contributed by atoms with van der Waals surface area (Å²) in [5, 5.41) is 14.3. The van der Waals surface area contributed by atoms with Crippen LogP contribution >= 0.6 is 0 Å². The van der Waals surface area contributed by atoms with Gasteiger partial charge in [-0.1, -0.05) is 82.3 Å². The van der Waals surface area contributed by atoms with Crippen molar-refractivity contribution in [3.05, 3.63) is 101 Å². The Morgan fingerprint density at radius 2 is 1.59 bits per heavy atom. The summed E-state index contributed by atoms with van der Waals surface area (Å²) in [5.41, 5.74) is 4.11. The minimum absolute atomic E-state index is 0.122. The van der Waals surface area contributed by atoms with Crippen molar-refractivity contribution in [2.24, 2.45) is 5.92 Å². The third-order valence-electron chi connectivity index (χ3n) is 7.27. The largest absolute Gasteiger partial charge is 0.479 e. The monoisotopic (exact) mass is 496 g/mol. The molecule has 3 aromatic carbocycles. The summed E-state index contributed by atoms with van der Waals surface area (Å²) in [4.78, 5) is 26.1. The highest BCUT2D eigenvalue weighted by Gasteiger charge is 2.38. The number of aliphatic carboxylic acids is 1. The van der Waals surface area contributed by atoms with E-state index < -0.39 is 11.5 Å². The molecule has 0 fully saturated rings. The van der Waals surface area contributed by atoms with Crippen LogP contribution in [0.5, 0.6) is 0 Å². The van der Waals surface area contributed by atoms with Gasteiger partial charge in [-0.05, 0) is 54.5 Å². The Labute approximate surface area is 219 Å². The molecule has 0 radical (unpaired) electrons. The number of hydrogen-bond donors (Lipinski definition) is 2. The number of carboxylic acid groups (broad SMARTS) is 1. The van der Waals surface area contributed by atoms with Crippen molar-refractivity contribution in [1.82, 2.24) is 4.57 Å². The Morgan fingerprint density at radius 1 is 0.919 bits per heavy atom. The van der Waals surface area contributed by atoms with Gasteiger partial charge in [-0.3, -0.25) is 4.79 Å². The van der Waals surface area contributed by atoms with E-state index in [9.17, 15) is 14.7 Å². The van der Waals surface area contributed by atoms with Gasteiger partial charge in [0, 0.05) is 40.5 Å². The molecule has 0 spiro atoms. The lowest BCUT2D eigenvalue weighted by atomic mass is 9.92. The molecule has 0 unspecified atom stereocenters. The highest BCUT2D eigenvalue weighted by Crippen LogP contribution is 2.34. The predicted octanol–water partition coefficient (Wildman–Crippen LogP) is 7.28. The Bertz CT molecular complexity index is 1400. The van der Waals surface area contributed by atoms with Crippen LogP contribution in [0.4, 0.5) is 5.69 Å². The smallest absolute Gasteiger partial charge is 0.329 e. The van der Waals surface area contributed by atoms with Crippen LogP contribution in [0.15, 0.2) is 79.0 Å². The second-order valence-corrected chi connectivity index (χ2v) is 10.2. The van der Waals surface area contributed by atoms with Gasteiger partial charge in [-0.15, -0.1) is 0 Å². The molecule has 0 saturated heterocycles. The maximum Gasteiger partial charge on any atom is 0.329 e. The summed E-state index contributed by atoms with van der Waals surface area (Å²) in [6, 6.07) is 23.7. The molecule has 0 aliphatic carbocycles. The van der Waals surface area contributed by atoms with Gasteiger partial charge in [0.05, 0.1) is 0 Å². The topological polar surface area (TPSA) is 71.3 Å². The molecular formula is C32H36N2O3. The number of ketones is 1. The van der Waals surface area contributed by atoms with E-state index in [2.05, 4.69) is 43.4 Å². The second kappa shape index (κ2) is 11.0. The summed E-state index contributed by atoms with van der Waals surface area (Å²) >= 11 is 0. The van der Waals surface area contributed by atoms with Gasteiger partial charge in [0.2, 0.25) is 0 Å². The van der Waals surface area contributed by atoms with Gasteiger partial charge in [0.1, 0.15) is 5.54 Å². The number of benzene rings is 3. The number of rotatable bonds is 11. The number of carbonyl (C=O) groups is 2. The van der Waals surface area contributed by atoms with Crippen molar-refractivity contribution in [2.45, 2.75) is 59.0 Å². The average molecular weight is 497 g/mol. The first-order valence-electron chi connectivity index (χ1n) is 13.1. The van der Waals surface area contributed by atoms with Gasteiger partial charge in [0.15, 0.2) is 5.78 Å². The molecule has 0 atom stereocenters. The number of para-hydroxylation sites is 1. The van der Waals surface area contributed by atoms with E-state index in [4.69, 9.17) is 0 Å². The standard InChI is InChI=1S/C32H36N2O3/c1-5-32(6-2,31(36)37)34-21-28(27-12-7-8-13-29(27)34)30(35)25-10-9-11-26(19-25)33-20-24-16-14-23(15-17-24)18-22(3)4/h7-17,19,21-22,33H,5-6,18,20H2,1-4H3,(H,36,37). The quantitative estimate of drug-likeness (QED) is 0.214. The van der Waals surface area contributed by atoms with E-state index in [0.717, 1.165) is 23.0 Å². The van der Waals surface area contributed by atoms with Crippen LogP contribution < -0.4 is 5.32 Å². The second-order valence-electron chi connectivity index (χ2n) is 10.2. The maximum atomic E-state index is 13.7. The number of carbonyl (C=O) groups excluding carboxylic acids is 1. The molecule has 0 saturated carbocycles. The summed E-state index contributed by atoms with van der Waals surface area (Å²) in [6.07, 6.45) is 3.64. The van der Waals surface area contributed by atoms with E-state index >= 15 is 0 Å². The number of aromatic nitrogens is 1. The molecule has 1 heterocycles. The SMILES string of the molecule is CCC(CC)(C(=O)O)n1cc(C(=O)c2cccc(NCc3ccc(CC(C)C)cc3)c2)c2ccccc21. The molecule has 5 heteroatoms.